The average molecular weight is 467 g/mol. The van der Waals surface area contributed by atoms with Gasteiger partial charge in [-0.05, 0) is 49.4 Å². The molecule has 6 nitrogen and oxygen atoms in total. The van der Waals surface area contributed by atoms with E-state index in [4.69, 9.17) is 4.42 Å². The highest BCUT2D eigenvalue weighted by Crippen LogP contribution is 2.30. The maximum atomic E-state index is 13.4. The molecule has 1 aliphatic rings. The van der Waals surface area contributed by atoms with Crippen molar-refractivity contribution in [2.45, 2.75) is 44.5 Å². The van der Waals surface area contributed by atoms with Gasteiger partial charge in [-0.1, -0.05) is 60.7 Å². The molecule has 174 valence electrons. The van der Waals surface area contributed by atoms with Crippen LogP contribution in [0.5, 0.6) is 0 Å². The molecule has 7 heteroatoms. The van der Waals surface area contributed by atoms with Crippen molar-refractivity contribution in [3.05, 3.63) is 95.4 Å². The fourth-order valence-electron chi connectivity index (χ4n) is 3.88. The van der Waals surface area contributed by atoms with Crippen LogP contribution >= 0.6 is 0 Å². The van der Waals surface area contributed by atoms with Gasteiger partial charge in [-0.2, -0.15) is 4.31 Å². The predicted octanol–water partition coefficient (Wildman–Crippen LogP) is 4.15. The smallest absolute Gasteiger partial charge is 0.238 e. The fourth-order valence-corrected chi connectivity index (χ4v) is 5.63. The number of hydrogen-bond donors (Lipinski definition) is 0. The number of benzene rings is 2. The molecule has 1 fully saturated rings. The number of carbonyl (C=O) groups is 1. The first-order valence-corrected chi connectivity index (χ1v) is 12.9. The van der Waals surface area contributed by atoms with Crippen molar-refractivity contribution in [3.63, 3.8) is 0 Å². The highest BCUT2D eigenvalue weighted by atomic mass is 32.2. The Bertz CT molecular complexity index is 1160. The monoisotopic (exact) mass is 466 g/mol. The summed E-state index contributed by atoms with van der Waals surface area (Å²) in [4.78, 5) is 15.1. The number of amides is 1. The molecular weight excluding hydrogens is 436 g/mol. The van der Waals surface area contributed by atoms with E-state index in [1.54, 1.807) is 17.0 Å². The van der Waals surface area contributed by atoms with Crippen molar-refractivity contribution in [1.29, 1.82) is 0 Å². The molecule has 0 N–H and O–H groups in total. The van der Waals surface area contributed by atoms with Gasteiger partial charge >= 0.3 is 0 Å². The molecule has 0 spiro atoms. The van der Waals surface area contributed by atoms with Crippen LogP contribution < -0.4 is 0 Å². The van der Waals surface area contributed by atoms with Gasteiger partial charge < -0.3 is 9.32 Å². The summed E-state index contributed by atoms with van der Waals surface area (Å²) in [6, 6.07) is 22.7. The third-order valence-electron chi connectivity index (χ3n) is 5.80. The Morgan fingerprint density at radius 2 is 1.58 bits per heavy atom. The zero-order chi connectivity index (χ0) is 23.3. The highest BCUT2D eigenvalue weighted by Gasteiger charge is 2.39. The zero-order valence-electron chi connectivity index (χ0n) is 18.9. The van der Waals surface area contributed by atoms with Crippen LogP contribution in [0.1, 0.15) is 35.5 Å². The summed E-state index contributed by atoms with van der Waals surface area (Å²) in [6.07, 6.45) is 2.28. The molecule has 1 heterocycles. The summed E-state index contributed by atoms with van der Waals surface area (Å²) in [5, 5.41) is 0. The van der Waals surface area contributed by atoms with Gasteiger partial charge in [-0.3, -0.25) is 4.79 Å². The molecule has 1 aromatic heterocycles. The molecule has 0 radical (unpaired) electrons. The number of aryl methyl sites for hydroxylation is 1. The number of rotatable bonds is 11. The second-order valence-electron chi connectivity index (χ2n) is 8.58. The topological polar surface area (TPSA) is 70.8 Å². The Morgan fingerprint density at radius 1 is 0.939 bits per heavy atom. The second kappa shape index (κ2) is 10.4. The maximum Gasteiger partial charge on any atom is 0.238 e. The Hall–Kier alpha value is -2.90. The summed E-state index contributed by atoms with van der Waals surface area (Å²) in [6.45, 7) is 2.52. The summed E-state index contributed by atoms with van der Waals surface area (Å²) in [5.74, 6) is 1.17. The van der Waals surface area contributed by atoms with E-state index < -0.39 is 10.0 Å². The van der Waals surface area contributed by atoms with Crippen LogP contribution in [0.3, 0.4) is 0 Å². The number of hydrogen-bond acceptors (Lipinski definition) is 4. The Morgan fingerprint density at radius 3 is 2.15 bits per heavy atom. The molecule has 0 saturated heterocycles. The van der Waals surface area contributed by atoms with Crippen molar-refractivity contribution in [1.82, 2.24) is 9.21 Å². The Balaban J connectivity index is 1.49. The van der Waals surface area contributed by atoms with Crippen LogP contribution in [0.25, 0.3) is 0 Å². The number of furan rings is 1. The lowest BCUT2D eigenvalue weighted by atomic mass is 10.1. The van der Waals surface area contributed by atoms with Crippen molar-refractivity contribution in [2.24, 2.45) is 0 Å². The largest absolute Gasteiger partial charge is 0.464 e. The SMILES string of the molecule is Cc1ccc(CN(CCc2ccccc2)C(=O)CN(C2CC2)S(=O)(=O)Cc2ccccc2)o1. The summed E-state index contributed by atoms with van der Waals surface area (Å²) >= 11 is 0. The van der Waals surface area contributed by atoms with E-state index in [0.29, 0.717) is 25.3 Å². The van der Waals surface area contributed by atoms with Gasteiger partial charge in [0.2, 0.25) is 15.9 Å². The molecule has 33 heavy (non-hydrogen) atoms. The molecule has 2 aromatic carbocycles. The van der Waals surface area contributed by atoms with Gasteiger partial charge in [0, 0.05) is 12.6 Å². The van der Waals surface area contributed by atoms with Crippen LogP contribution in [0.4, 0.5) is 0 Å². The first-order valence-electron chi connectivity index (χ1n) is 11.3. The van der Waals surface area contributed by atoms with Gasteiger partial charge in [0.25, 0.3) is 0 Å². The Labute approximate surface area is 195 Å². The minimum absolute atomic E-state index is 0.0931. The van der Waals surface area contributed by atoms with Crippen LogP contribution in [0, 0.1) is 6.92 Å². The molecule has 1 saturated carbocycles. The first-order chi connectivity index (χ1) is 15.9. The van der Waals surface area contributed by atoms with Gasteiger partial charge in [0.1, 0.15) is 11.5 Å². The molecular formula is C26H30N2O4S. The third kappa shape index (κ3) is 6.55. The molecule has 0 bridgehead atoms. The van der Waals surface area contributed by atoms with Crippen LogP contribution in [-0.2, 0) is 33.5 Å². The lowest BCUT2D eigenvalue weighted by Gasteiger charge is -2.27. The van der Waals surface area contributed by atoms with E-state index in [2.05, 4.69) is 0 Å². The van der Waals surface area contributed by atoms with Gasteiger partial charge in [-0.25, -0.2) is 8.42 Å². The van der Waals surface area contributed by atoms with Crippen LogP contribution in [0.15, 0.2) is 77.2 Å². The zero-order valence-corrected chi connectivity index (χ0v) is 19.7. The molecule has 3 aromatic rings. The Kier molecular flexibility index (Phi) is 7.30. The predicted molar refractivity (Wildman–Crippen MR) is 128 cm³/mol. The van der Waals surface area contributed by atoms with E-state index in [1.165, 1.54) is 4.31 Å². The minimum atomic E-state index is -3.61. The molecule has 1 amide bonds. The highest BCUT2D eigenvalue weighted by molar-refractivity contribution is 7.88. The number of nitrogens with zero attached hydrogens (tertiary/aromatic N) is 2. The number of sulfonamides is 1. The number of carbonyl (C=O) groups excluding carboxylic acids is 1. The van der Waals surface area contributed by atoms with Crippen LogP contribution in [0.2, 0.25) is 0 Å². The third-order valence-corrected chi connectivity index (χ3v) is 7.64. The van der Waals surface area contributed by atoms with Crippen molar-refractivity contribution in [2.75, 3.05) is 13.1 Å². The van der Waals surface area contributed by atoms with Gasteiger partial charge in [-0.15, -0.1) is 0 Å². The molecule has 0 aliphatic heterocycles. The van der Waals surface area contributed by atoms with E-state index >= 15 is 0 Å². The van der Waals surface area contributed by atoms with Crippen molar-refractivity contribution >= 4 is 15.9 Å². The van der Waals surface area contributed by atoms with Crippen molar-refractivity contribution in [3.8, 4) is 0 Å². The summed E-state index contributed by atoms with van der Waals surface area (Å²) < 4.78 is 33.5. The van der Waals surface area contributed by atoms with Crippen molar-refractivity contribution < 1.29 is 17.6 Å². The summed E-state index contributed by atoms with van der Waals surface area (Å²) in [5.41, 5.74) is 1.85. The van der Waals surface area contributed by atoms with E-state index in [9.17, 15) is 13.2 Å². The minimum Gasteiger partial charge on any atom is -0.464 e. The second-order valence-corrected chi connectivity index (χ2v) is 10.5. The van der Waals surface area contributed by atoms with Gasteiger partial charge in [0.15, 0.2) is 0 Å². The van der Waals surface area contributed by atoms with Crippen LogP contribution in [-0.4, -0.2) is 42.7 Å². The van der Waals surface area contributed by atoms with E-state index in [0.717, 1.165) is 29.7 Å². The molecule has 0 unspecified atom stereocenters. The molecule has 1 aliphatic carbocycles. The van der Waals surface area contributed by atoms with E-state index in [1.807, 2.05) is 67.6 Å². The first kappa shape index (κ1) is 23.3. The quantitative estimate of drug-likeness (QED) is 0.426. The standard InChI is InChI=1S/C26H30N2O4S/c1-21-12-15-25(32-21)18-27(17-16-22-8-4-2-5-9-22)26(29)19-28(24-13-14-24)33(30,31)20-23-10-6-3-7-11-23/h2-12,15,24H,13-14,16-20H2,1H3. The fraction of sp³-hybridized carbons (Fsp3) is 0.346. The lowest BCUT2D eigenvalue weighted by molar-refractivity contribution is -0.132. The normalized spacial score (nSPS) is 13.9. The summed E-state index contributed by atoms with van der Waals surface area (Å²) in [7, 11) is -3.61. The molecule has 0 atom stereocenters. The van der Waals surface area contributed by atoms with E-state index in [-0.39, 0.29) is 24.2 Å². The van der Waals surface area contributed by atoms with Gasteiger partial charge in [0.05, 0.1) is 18.8 Å². The maximum absolute atomic E-state index is 13.4. The lowest BCUT2D eigenvalue weighted by Crippen LogP contribution is -2.44. The molecule has 4 rings (SSSR count). The average Bonchev–Trinajstić information content (AvgIpc) is 3.56.